The van der Waals surface area contributed by atoms with Gasteiger partial charge in [-0.1, -0.05) is 6.92 Å². The van der Waals surface area contributed by atoms with Crippen LogP contribution < -0.4 is 4.90 Å². The number of halogens is 2. The molecular weight excluding hydrogens is 284 g/mol. The van der Waals surface area contributed by atoms with E-state index in [4.69, 9.17) is 10.2 Å². The van der Waals surface area contributed by atoms with Crippen molar-refractivity contribution in [1.82, 2.24) is 0 Å². The molecule has 0 saturated carbocycles. The first-order valence-electron chi connectivity index (χ1n) is 6.46. The molecule has 0 heterocycles. The van der Waals surface area contributed by atoms with E-state index < -0.39 is 29.5 Å². The number of rotatable bonds is 8. The average Bonchev–Trinajstić information content (AvgIpc) is 2.40. The Balaban J connectivity index is 2.85. The summed E-state index contributed by atoms with van der Waals surface area (Å²) in [5.74, 6) is -4.72. The fourth-order valence-electron chi connectivity index (χ4n) is 1.84. The number of aliphatic carboxylic acids is 2. The van der Waals surface area contributed by atoms with Gasteiger partial charge in [0.15, 0.2) is 11.6 Å². The minimum absolute atomic E-state index is 0.0817. The van der Waals surface area contributed by atoms with Crippen molar-refractivity contribution in [2.24, 2.45) is 5.92 Å². The summed E-state index contributed by atoms with van der Waals surface area (Å²) in [6, 6.07) is 3.28. The molecule has 7 heteroatoms. The summed E-state index contributed by atoms with van der Waals surface area (Å²) < 4.78 is 26.2. The Kier molecular flexibility index (Phi) is 6.08. The molecule has 1 rings (SSSR count). The van der Waals surface area contributed by atoms with Crippen molar-refractivity contribution in [3.8, 4) is 0 Å². The molecule has 0 saturated heterocycles. The Bertz CT molecular complexity index is 522. The van der Waals surface area contributed by atoms with Crippen molar-refractivity contribution in [2.75, 3.05) is 18.0 Å². The summed E-state index contributed by atoms with van der Waals surface area (Å²) in [6.07, 6.45) is 0.197. The molecule has 1 aromatic carbocycles. The molecule has 1 aromatic rings. The Labute approximate surface area is 120 Å². The highest BCUT2D eigenvalue weighted by atomic mass is 19.2. The predicted molar refractivity (Wildman–Crippen MR) is 72.2 cm³/mol. The van der Waals surface area contributed by atoms with Crippen LogP contribution in [0.5, 0.6) is 0 Å². The zero-order valence-corrected chi connectivity index (χ0v) is 11.6. The smallest absolute Gasteiger partial charge is 0.308 e. The first-order chi connectivity index (χ1) is 9.81. The minimum Gasteiger partial charge on any atom is -0.481 e. The SMILES string of the molecule is CC(CN(CCCC(=O)O)c1ccc(F)c(F)c1)C(=O)O. The fourth-order valence-corrected chi connectivity index (χ4v) is 1.84. The van der Waals surface area contributed by atoms with Crippen molar-refractivity contribution in [3.63, 3.8) is 0 Å². The van der Waals surface area contributed by atoms with Crippen LogP contribution in [0.25, 0.3) is 0 Å². The van der Waals surface area contributed by atoms with E-state index in [2.05, 4.69) is 0 Å². The maximum atomic E-state index is 13.3. The summed E-state index contributed by atoms with van der Waals surface area (Å²) in [6.45, 7) is 1.82. The molecule has 1 atom stereocenters. The molecule has 1 unspecified atom stereocenters. The lowest BCUT2D eigenvalue weighted by Gasteiger charge is -2.26. The summed E-state index contributed by atoms with van der Waals surface area (Å²) in [4.78, 5) is 23.0. The molecule has 0 fully saturated rings. The first-order valence-corrected chi connectivity index (χ1v) is 6.46. The molecule has 0 bridgehead atoms. The van der Waals surface area contributed by atoms with E-state index in [1.54, 1.807) is 4.90 Å². The third-order valence-corrected chi connectivity index (χ3v) is 3.00. The van der Waals surface area contributed by atoms with Crippen LogP contribution in [0, 0.1) is 17.6 Å². The molecule has 5 nitrogen and oxygen atoms in total. The van der Waals surface area contributed by atoms with Crippen LogP contribution in [-0.2, 0) is 9.59 Å². The molecule has 0 aliphatic rings. The number of carboxylic acid groups (broad SMARTS) is 2. The highest BCUT2D eigenvalue weighted by Crippen LogP contribution is 2.20. The van der Waals surface area contributed by atoms with Crippen molar-refractivity contribution in [2.45, 2.75) is 19.8 Å². The van der Waals surface area contributed by atoms with E-state index in [1.807, 2.05) is 0 Å². The number of hydrogen-bond donors (Lipinski definition) is 2. The van der Waals surface area contributed by atoms with Crippen molar-refractivity contribution in [1.29, 1.82) is 0 Å². The number of nitrogens with zero attached hydrogens (tertiary/aromatic N) is 1. The summed E-state index contributed by atoms with van der Waals surface area (Å²) in [5.41, 5.74) is 0.326. The molecular formula is C14H17F2NO4. The highest BCUT2D eigenvalue weighted by molar-refractivity contribution is 5.70. The molecule has 2 N–H and O–H groups in total. The molecule has 21 heavy (non-hydrogen) atoms. The molecule has 0 aromatic heterocycles. The average molecular weight is 301 g/mol. The van der Waals surface area contributed by atoms with Crippen molar-refractivity contribution >= 4 is 17.6 Å². The molecule has 0 aliphatic heterocycles. The maximum Gasteiger partial charge on any atom is 0.308 e. The van der Waals surface area contributed by atoms with Crippen LogP contribution >= 0.6 is 0 Å². The monoisotopic (exact) mass is 301 g/mol. The third-order valence-electron chi connectivity index (χ3n) is 3.00. The Morgan fingerprint density at radius 3 is 2.43 bits per heavy atom. The van der Waals surface area contributed by atoms with Crippen LogP contribution in [0.1, 0.15) is 19.8 Å². The van der Waals surface area contributed by atoms with E-state index in [1.165, 1.54) is 13.0 Å². The van der Waals surface area contributed by atoms with Gasteiger partial charge in [-0.15, -0.1) is 0 Å². The van der Waals surface area contributed by atoms with E-state index in [0.717, 1.165) is 12.1 Å². The highest BCUT2D eigenvalue weighted by Gasteiger charge is 2.18. The Hall–Kier alpha value is -2.18. The van der Waals surface area contributed by atoms with E-state index in [-0.39, 0.29) is 25.9 Å². The van der Waals surface area contributed by atoms with Crippen molar-refractivity contribution < 1.29 is 28.6 Å². The van der Waals surface area contributed by atoms with Gasteiger partial charge in [-0.05, 0) is 18.6 Å². The van der Waals surface area contributed by atoms with Crippen LogP contribution in [0.2, 0.25) is 0 Å². The lowest BCUT2D eigenvalue weighted by molar-refractivity contribution is -0.141. The number of hydrogen-bond acceptors (Lipinski definition) is 3. The van der Waals surface area contributed by atoms with Crippen LogP contribution in [-0.4, -0.2) is 35.2 Å². The Morgan fingerprint density at radius 2 is 1.90 bits per heavy atom. The number of carboxylic acids is 2. The largest absolute Gasteiger partial charge is 0.481 e. The Morgan fingerprint density at radius 1 is 1.24 bits per heavy atom. The van der Waals surface area contributed by atoms with Crippen LogP contribution in [0.4, 0.5) is 14.5 Å². The van der Waals surface area contributed by atoms with Gasteiger partial charge in [0.05, 0.1) is 5.92 Å². The number of benzene rings is 1. The van der Waals surface area contributed by atoms with Gasteiger partial charge in [0.2, 0.25) is 0 Å². The van der Waals surface area contributed by atoms with Gasteiger partial charge in [-0.3, -0.25) is 9.59 Å². The summed E-state index contributed by atoms with van der Waals surface area (Å²) in [7, 11) is 0. The van der Waals surface area contributed by atoms with Gasteiger partial charge in [0.25, 0.3) is 0 Å². The number of anilines is 1. The molecule has 0 aliphatic carbocycles. The van der Waals surface area contributed by atoms with Crippen LogP contribution in [0.3, 0.4) is 0 Å². The molecule has 0 radical (unpaired) electrons. The van der Waals surface area contributed by atoms with Gasteiger partial charge >= 0.3 is 11.9 Å². The topological polar surface area (TPSA) is 77.8 Å². The minimum atomic E-state index is -1.03. The zero-order chi connectivity index (χ0) is 16.0. The number of carbonyl (C=O) groups is 2. The lowest BCUT2D eigenvalue weighted by Crippen LogP contribution is -2.33. The van der Waals surface area contributed by atoms with Gasteiger partial charge in [-0.2, -0.15) is 0 Å². The third kappa shape index (κ3) is 5.37. The second-order valence-corrected chi connectivity index (χ2v) is 4.78. The summed E-state index contributed by atoms with van der Waals surface area (Å²) >= 11 is 0. The molecule has 116 valence electrons. The predicted octanol–water partition coefficient (Wildman–Crippen LogP) is 2.36. The van der Waals surface area contributed by atoms with E-state index in [0.29, 0.717) is 5.69 Å². The van der Waals surface area contributed by atoms with Gasteiger partial charge in [0, 0.05) is 31.3 Å². The quantitative estimate of drug-likeness (QED) is 0.770. The van der Waals surface area contributed by atoms with Crippen molar-refractivity contribution in [3.05, 3.63) is 29.8 Å². The first kappa shape index (κ1) is 16.9. The second-order valence-electron chi connectivity index (χ2n) is 4.78. The normalized spacial score (nSPS) is 12.0. The zero-order valence-electron chi connectivity index (χ0n) is 11.6. The molecule has 0 spiro atoms. The lowest BCUT2D eigenvalue weighted by atomic mass is 10.1. The van der Waals surface area contributed by atoms with Crippen LogP contribution in [0.15, 0.2) is 18.2 Å². The fraction of sp³-hybridized carbons (Fsp3) is 0.429. The van der Waals surface area contributed by atoms with E-state index >= 15 is 0 Å². The van der Waals surface area contributed by atoms with Gasteiger partial charge in [0.1, 0.15) is 0 Å². The van der Waals surface area contributed by atoms with Gasteiger partial charge < -0.3 is 15.1 Å². The van der Waals surface area contributed by atoms with Gasteiger partial charge in [-0.25, -0.2) is 8.78 Å². The van der Waals surface area contributed by atoms with E-state index in [9.17, 15) is 18.4 Å². The second kappa shape index (κ2) is 7.56. The molecule has 0 amide bonds. The standard InChI is InChI=1S/C14H17F2NO4/c1-9(14(20)21)8-17(6-2-3-13(18)19)10-4-5-11(15)12(16)7-10/h4-5,7,9H,2-3,6,8H2,1H3,(H,18,19)(H,20,21). The maximum absolute atomic E-state index is 13.3. The summed E-state index contributed by atoms with van der Waals surface area (Å²) in [5, 5.41) is 17.6.